The highest BCUT2D eigenvalue weighted by Gasteiger charge is 2.18. The van der Waals surface area contributed by atoms with E-state index < -0.39 is 0 Å². The highest BCUT2D eigenvalue weighted by molar-refractivity contribution is 5.99. The molecule has 8 nitrogen and oxygen atoms in total. The van der Waals surface area contributed by atoms with Crippen molar-refractivity contribution in [2.75, 3.05) is 13.7 Å². The average molecular weight is 393 g/mol. The minimum Gasteiger partial charge on any atom is -0.493 e. The lowest BCUT2D eigenvalue weighted by molar-refractivity contribution is 0.204. The van der Waals surface area contributed by atoms with E-state index in [0.717, 1.165) is 23.3 Å². The van der Waals surface area contributed by atoms with Crippen molar-refractivity contribution >= 4 is 17.5 Å². The van der Waals surface area contributed by atoms with Gasteiger partial charge in [0.15, 0.2) is 11.5 Å². The Morgan fingerprint density at radius 2 is 2.17 bits per heavy atom. The molecule has 0 aliphatic carbocycles. The number of amides is 2. The number of aromatic nitrogens is 1. The average Bonchev–Trinajstić information content (AvgIpc) is 2.72. The van der Waals surface area contributed by atoms with E-state index in [9.17, 15) is 4.79 Å². The fraction of sp³-hybridized carbons (Fsp3) is 0.238. The number of allylic oxidation sites excluding steroid dienone is 1. The molecule has 150 valence electrons. The SMILES string of the molecule is C=CCc1ccc(Oc2ccc(/C(C)=N/N3CC(C)=NNC3=O)cn2)c(OC)c1. The van der Waals surface area contributed by atoms with Crippen molar-refractivity contribution < 1.29 is 14.3 Å². The fourth-order valence-corrected chi connectivity index (χ4v) is 2.70. The topological polar surface area (TPSA) is 88.4 Å². The number of benzene rings is 1. The molecule has 0 spiro atoms. The van der Waals surface area contributed by atoms with Crippen LogP contribution in [0, 0.1) is 0 Å². The number of methoxy groups -OCH3 is 1. The molecule has 8 heteroatoms. The second-order valence-electron chi connectivity index (χ2n) is 6.47. The predicted octanol–water partition coefficient (Wildman–Crippen LogP) is 3.74. The van der Waals surface area contributed by atoms with Gasteiger partial charge in [-0.15, -0.1) is 6.58 Å². The lowest BCUT2D eigenvalue weighted by atomic mass is 10.1. The lowest BCUT2D eigenvalue weighted by Crippen LogP contribution is -2.42. The number of pyridine rings is 1. The maximum Gasteiger partial charge on any atom is 0.358 e. The van der Waals surface area contributed by atoms with Crippen molar-refractivity contribution in [3.8, 4) is 17.4 Å². The molecule has 0 bridgehead atoms. The first kappa shape index (κ1) is 20.1. The predicted molar refractivity (Wildman–Crippen MR) is 112 cm³/mol. The van der Waals surface area contributed by atoms with Gasteiger partial charge in [0.2, 0.25) is 5.88 Å². The van der Waals surface area contributed by atoms with Crippen molar-refractivity contribution in [2.24, 2.45) is 10.2 Å². The van der Waals surface area contributed by atoms with Crippen molar-refractivity contribution in [3.63, 3.8) is 0 Å². The van der Waals surface area contributed by atoms with E-state index in [1.165, 1.54) is 5.01 Å². The molecule has 1 aromatic carbocycles. The third-order valence-electron chi connectivity index (χ3n) is 4.20. The zero-order chi connectivity index (χ0) is 20.8. The highest BCUT2D eigenvalue weighted by atomic mass is 16.5. The van der Waals surface area contributed by atoms with E-state index in [1.54, 1.807) is 19.4 Å². The number of ether oxygens (including phenoxy) is 2. The second-order valence-corrected chi connectivity index (χ2v) is 6.47. The number of carbonyl (C=O) groups excluding carboxylic acids is 1. The molecule has 29 heavy (non-hydrogen) atoms. The molecular formula is C21H23N5O3. The second kappa shape index (κ2) is 9.01. The van der Waals surface area contributed by atoms with E-state index in [2.05, 4.69) is 27.2 Å². The van der Waals surface area contributed by atoms with E-state index in [1.807, 2.05) is 44.2 Å². The van der Waals surface area contributed by atoms with Gasteiger partial charge in [0.05, 0.1) is 25.1 Å². The Kier molecular flexibility index (Phi) is 6.23. The largest absolute Gasteiger partial charge is 0.493 e. The van der Waals surface area contributed by atoms with Gasteiger partial charge in [-0.05, 0) is 44.0 Å². The van der Waals surface area contributed by atoms with Crippen molar-refractivity contribution in [3.05, 3.63) is 60.3 Å². The normalized spacial score (nSPS) is 14.2. The van der Waals surface area contributed by atoms with Crippen LogP contribution in [0.5, 0.6) is 17.4 Å². The molecule has 0 radical (unpaired) electrons. The summed E-state index contributed by atoms with van der Waals surface area (Å²) in [5.74, 6) is 1.63. The smallest absolute Gasteiger partial charge is 0.358 e. The highest BCUT2D eigenvalue weighted by Crippen LogP contribution is 2.31. The van der Waals surface area contributed by atoms with Crippen LogP contribution >= 0.6 is 0 Å². The standard InChI is InChI=1S/C21H23N5O3/c1-5-6-16-7-9-18(19(11-16)28-4)29-20-10-8-17(12-22-20)15(3)25-26-13-14(2)23-24-21(26)27/h5,7-12H,1,6,13H2,2-4H3,(H,24,27)/b25-15+. The van der Waals surface area contributed by atoms with Gasteiger partial charge in [0, 0.05) is 17.8 Å². The van der Waals surface area contributed by atoms with Gasteiger partial charge in [-0.3, -0.25) is 0 Å². The first-order valence-electron chi connectivity index (χ1n) is 9.08. The van der Waals surface area contributed by atoms with Crippen molar-refractivity contribution in [1.82, 2.24) is 15.4 Å². The molecule has 0 atom stereocenters. The van der Waals surface area contributed by atoms with Crippen LogP contribution in [0.1, 0.15) is 25.0 Å². The molecule has 0 unspecified atom stereocenters. The van der Waals surface area contributed by atoms with Gasteiger partial charge in [0.1, 0.15) is 0 Å². The Labute approximate surface area is 169 Å². The summed E-state index contributed by atoms with van der Waals surface area (Å²) in [6, 6.07) is 8.93. The maximum absolute atomic E-state index is 11.8. The van der Waals surface area contributed by atoms with Gasteiger partial charge < -0.3 is 9.47 Å². The van der Waals surface area contributed by atoms with Gasteiger partial charge in [-0.25, -0.2) is 20.2 Å². The van der Waals surface area contributed by atoms with Crippen LogP contribution in [0.15, 0.2) is 59.4 Å². The van der Waals surface area contributed by atoms with E-state index in [0.29, 0.717) is 29.6 Å². The Morgan fingerprint density at radius 1 is 1.34 bits per heavy atom. The Bertz CT molecular complexity index is 967. The molecule has 1 aliphatic heterocycles. The summed E-state index contributed by atoms with van der Waals surface area (Å²) in [6.45, 7) is 7.73. The molecule has 0 fully saturated rings. The third-order valence-corrected chi connectivity index (χ3v) is 4.20. The molecule has 2 aromatic rings. The van der Waals surface area contributed by atoms with Gasteiger partial charge in [-0.2, -0.15) is 10.2 Å². The Morgan fingerprint density at radius 3 is 2.86 bits per heavy atom. The Balaban J connectivity index is 1.73. The molecule has 2 amide bonds. The summed E-state index contributed by atoms with van der Waals surface area (Å²) in [4.78, 5) is 16.2. The van der Waals surface area contributed by atoms with Crippen LogP contribution in [0.3, 0.4) is 0 Å². The van der Waals surface area contributed by atoms with Crippen LogP contribution in [-0.2, 0) is 6.42 Å². The van der Waals surface area contributed by atoms with Crippen LogP contribution in [0.4, 0.5) is 4.79 Å². The molecule has 1 aliphatic rings. The minimum atomic E-state index is -0.366. The summed E-state index contributed by atoms with van der Waals surface area (Å²) < 4.78 is 11.3. The first-order chi connectivity index (χ1) is 14.0. The maximum atomic E-state index is 11.8. The molecule has 0 saturated carbocycles. The zero-order valence-electron chi connectivity index (χ0n) is 16.7. The number of hydrogen-bond acceptors (Lipinski definition) is 6. The van der Waals surface area contributed by atoms with E-state index >= 15 is 0 Å². The molecule has 1 aromatic heterocycles. The summed E-state index contributed by atoms with van der Waals surface area (Å²) in [5.41, 5.74) is 5.70. The first-order valence-corrected chi connectivity index (χ1v) is 9.08. The van der Waals surface area contributed by atoms with Crippen LogP contribution < -0.4 is 14.9 Å². The number of hydrogen-bond donors (Lipinski definition) is 1. The number of carbonyl (C=O) groups is 1. The summed E-state index contributed by atoms with van der Waals surface area (Å²) >= 11 is 0. The number of rotatable bonds is 7. The number of urea groups is 1. The quantitative estimate of drug-likeness (QED) is 0.573. The van der Waals surface area contributed by atoms with Crippen molar-refractivity contribution in [1.29, 1.82) is 0 Å². The molecule has 2 heterocycles. The molecule has 3 rings (SSSR count). The van der Waals surface area contributed by atoms with Gasteiger partial charge in [0.25, 0.3) is 0 Å². The minimum absolute atomic E-state index is 0.347. The number of nitrogens with zero attached hydrogens (tertiary/aromatic N) is 4. The van der Waals surface area contributed by atoms with Crippen LogP contribution in [-0.4, -0.2) is 41.1 Å². The monoisotopic (exact) mass is 393 g/mol. The summed E-state index contributed by atoms with van der Waals surface area (Å²) in [7, 11) is 1.60. The molecule has 0 saturated heterocycles. The van der Waals surface area contributed by atoms with Gasteiger partial charge >= 0.3 is 6.03 Å². The fourth-order valence-electron chi connectivity index (χ4n) is 2.70. The van der Waals surface area contributed by atoms with Crippen LogP contribution in [0.25, 0.3) is 0 Å². The van der Waals surface area contributed by atoms with Crippen molar-refractivity contribution in [2.45, 2.75) is 20.3 Å². The summed E-state index contributed by atoms with van der Waals surface area (Å²) in [5, 5.41) is 9.57. The molecule has 1 N–H and O–H groups in total. The van der Waals surface area contributed by atoms with E-state index in [-0.39, 0.29) is 6.03 Å². The lowest BCUT2D eigenvalue weighted by Gasteiger charge is -2.21. The third kappa shape index (κ3) is 4.98. The molecular weight excluding hydrogens is 370 g/mol. The zero-order valence-corrected chi connectivity index (χ0v) is 16.7. The Hall–Kier alpha value is -3.68. The number of nitrogens with one attached hydrogen (secondary N) is 1. The van der Waals surface area contributed by atoms with Crippen LogP contribution in [0.2, 0.25) is 0 Å². The van der Waals surface area contributed by atoms with E-state index in [4.69, 9.17) is 9.47 Å². The number of hydrazone groups is 2. The van der Waals surface area contributed by atoms with Gasteiger partial charge in [-0.1, -0.05) is 12.1 Å². The summed E-state index contributed by atoms with van der Waals surface area (Å²) in [6.07, 6.45) is 4.24.